The second kappa shape index (κ2) is 3.61. The lowest BCUT2D eigenvalue weighted by atomic mass is 9.97. The largest absolute Gasteiger partial charge is 0.372 e. The van der Waals surface area contributed by atoms with E-state index >= 15 is 0 Å². The Labute approximate surface area is 69.4 Å². The fourth-order valence-electron chi connectivity index (χ4n) is 0.659. The van der Waals surface area contributed by atoms with E-state index in [1.807, 2.05) is 0 Å². The lowest BCUT2D eigenvalue weighted by molar-refractivity contribution is -0.169. The third-order valence-corrected chi connectivity index (χ3v) is 1.40. The lowest BCUT2D eigenvalue weighted by Crippen LogP contribution is -2.52. The average Bonchev–Trinajstić information content (AvgIpc) is 2.01. The van der Waals surface area contributed by atoms with Gasteiger partial charge >= 0.3 is 5.97 Å². The van der Waals surface area contributed by atoms with Crippen molar-refractivity contribution in [2.24, 2.45) is 11.6 Å². The van der Waals surface area contributed by atoms with Gasteiger partial charge in [0, 0.05) is 0 Å². The third-order valence-electron chi connectivity index (χ3n) is 1.40. The first kappa shape index (κ1) is 11.0. The molecule has 0 aromatic heterocycles. The molecule has 0 saturated carbocycles. The molecule has 6 nitrogen and oxygen atoms in total. The van der Waals surface area contributed by atoms with E-state index in [-0.39, 0.29) is 0 Å². The summed E-state index contributed by atoms with van der Waals surface area (Å²) in [5, 5.41) is 9.24. The Bertz CT molecular complexity index is 200. The van der Waals surface area contributed by atoms with E-state index in [0.717, 1.165) is 6.92 Å². The molecule has 0 aromatic carbocycles. The minimum atomic E-state index is -2.26. The minimum absolute atomic E-state index is 0.835. The molecule has 12 heavy (non-hydrogen) atoms. The number of hydrogen-bond acceptors (Lipinski definition) is 6. The zero-order chi connectivity index (χ0) is 9.94. The van der Waals surface area contributed by atoms with Crippen molar-refractivity contribution in [1.82, 2.24) is 0 Å². The van der Waals surface area contributed by atoms with Gasteiger partial charge in [0.1, 0.15) is 0 Å². The molecule has 0 heterocycles. The maximum atomic E-state index is 11.0. The Balaban J connectivity index is 4.61. The maximum absolute atomic E-state index is 11.0. The van der Waals surface area contributed by atoms with Crippen LogP contribution in [0.3, 0.4) is 0 Å². The van der Waals surface area contributed by atoms with Gasteiger partial charge in [-0.1, -0.05) is 0 Å². The van der Waals surface area contributed by atoms with Crippen LogP contribution >= 0.6 is 0 Å². The summed E-state index contributed by atoms with van der Waals surface area (Å²) in [6, 6.07) is -0.945. The van der Waals surface area contributed by atoms with E-state index < -0.39 is 23.4 Å². The molecule has 0 aliphatic rings. The second-order valence-electron chi connectivity index (χ2n) is 2.63. The first-order chi connectivity index (χ1) is 5.34. The van der Waals surface area contributed by atoms with E-state index in [4.69, 9.17) is 5.73 Å². The van der Waals surface area contributed by atoms with Crippen LogP contribution < -0.4 is 11.6 Å². The van der Waals surface area contributed by atoms with Gasteiger partial charge < -0.3 is 15.7 Å². The highest BCUT2D eigenvalue weighted by molar-refractivity contribution is 6.08. The van der Waals surface area contributed by atoms with E-state index in [2.05, 4.69) is 10.7 Å². The van der Waals surface area contributed by atoms with Gasteiger partial charge in [0.2, 0.25) is 5.60 Å². The fraction of sp³-hybridized carbons (Fsp3) is 0.667. The fourth-order valence-corrected chi connectivity index (χ4v) is 0.659. The van der Waals surface area contributed by atoms with Crippen molar-refractivity contribution in [3.63, 3.8) is 0 Å². The number of aliphatic hydroxyl groups is 1. The van der Waals surface area contributed by atoms with Gasteiger partial charge in [0.25, 0.3) is 0 Å². The number of hydrogen-bond donors (Lipinski definition) is 3. The van der Waals surface area contributed by atoms with E-state index in [9.17, 15) is 14.7 Å². The quantitative estimate of drug-likeness (QED) is 0.340. The summed E-state index contributed by atoms with van der Waals surface area (Å²) in [6.07, 6.45) is 0. The van der Waals surface area contributed by atoms with Gasteiger partial charge in [-0.15, -0.1) is 0 Å². The van der Waals surface area contributed by atoms with Crippen molar-refractivity contribution >= 4 is 11.8 Å². The van der Waals surface area contributed by atoms with Gasteiger partial charge in [-0.2, -0.15) is 5.90 Å². The summed E-state index contributed by atoms with van der Waals surface area (Å²) >= 11 is 0. The number of nitrogens with two attached hydrogens (primary N) is 2. The molecular weight excluding hydrogens is 164 g/mol. The highest BCUT2D eigenvalue weighted by Gasteiger charge is 2.41. The smallest absolute Gasteiger partial charge is 0.364 e. The topological polar surface area (TPSA) is 116 Å². The molecule has 6 heteroatoms. The summed E-state index contributed by atoms with van der Waals surface area (Å²) in [5.41, 5.74) is 2.90. The molecule has 0 rings (SSSR count). The Morgan fingerprint density at radius 2 is 2.00 bits per heavy atom. The van der Waals surface area contributed by atoms with Crippen LogP contribution in [0.1, 0.15) is 13.8 Å². The van der Waals surface area contributed by atoms with Crippen LogP contribution in [-0.4, -0.2) is 28.5 Å². The van der Waals surface area contributed by atoms with Gasteiger partial charge in [0.05, 0.1) is 6.04 Å². The third kappa shape index (κ3) is 2.00. The summed E-state index contributed by atoms with van der Waals surface area (Å²) in [4.78, 5) is 25.5. The van der Waals surface area contributed by atoms with Crippen molar-refractivity contribution in [2.75, 3.05) is 0 Å². The molecular formula is C6H12N2O4. The van der Waals surface area contributed by atoms with Crippen molar-refractivity contribution in [1.29, 1.82) is 0 Å². The minimum Gasteiger partial charge on any atom is -0.372 e. The molecule has 0 aromatic rings. The predicted molar refractivity (Wildman–Crippen MR) is 39.6 cm³/mol. The van der Waals surface area contributed by atoms with Gasteiger partial charge in [-0.05, 0) is 13.8 Å². The summed E-state index contributed by atoms with van der Waals surface area (Å²) in [6.45, 7) is 2.33. The number of rotatable bonds is 3. The first-order valence-electron chi connectivity index (χ1n) is 3.27. The average molecular weight is 176 g/mol. The predicted octanol–water partition coefficient (Wildman–Crippen LogP) is -1.93. The maximum Gasteiger partial charge on any atom is 0.364 e. The van der Waals surface area contributed by atoms with E-state index in [0.29, 0.717) is 0 Å². The molecule has 2 unspecified atom stereocenters. The Morgan fingerprint density at radius 3 is 2.25 bits per heavy atom. The molecule has 0 aliphatic carbocycles. The molecule has 0 radical (unpaired) electrons. The van der Waals surface area contributed by atoms with Crippen LogP contribution in [0.4, 0.5) is 0 Å². The van der Waals surface area contributed by atoms with Crippen LogP contribution in [0.25, 0.3) is 0 Å². The SMILES string of the molecule is CC(N)C(=O)C(C)(O)C(=O)ON. The molecule has 0 saturated heterocycles. The molecule has 0 spiro atoms. The molecule has 0 bridgehead atoms. The zero-order valence-corrected chi connectivity index (χ0v) is 6.90. The van der Waals surface area contributed by atoms with Gasteiger partial charge in [0.15, 0.2) is 5.78 Å². The highest BCUT2D eigenvalue weighted by Crippen LogP contribution is 2.08. The molecule has 2 atom stereocenters. The van der Waals surface area contributed by atoms with Crippen molar-refractivity contribution < 1.29 is 19.5 Å². The van der Waals surface area contributed by atoms with Crippen molar-refractivity contribution in [3.8, 4) is 0 Å². The molecule has 0 fully saturated rings. The molecule has 5 N–H and O–H groups in total. The number of ketones is 1. The number of carbonyl (C=O) groups excluding carboxylic acids is 2. The summed E-state index contributed by atoms with van der Waals surface area (Å²) < 4.78 is 0. The molecule has 0 aliphatic heterocycles. The van der Waals surface area contributed by atoms with Crippen molar-refractivity contribution in [3.05, 3.63) is 0 Å². The zero-order valence-electron chi connectivity index (χ0n) is 6.90. The van der Waals surface area contributed by atoms with Gasteiger partial charge in [-0.3, -0.25) is 4.79 Å². The van der Waals surface area contributed by atoms with Crippen LogP contribution in [0, 0.1) is 0 Å². The summed E-state index contributed by atoms with van der Waals surface area (Å²) in [7, 11) is 0. The van der Waals surface area contributed by atoms with E-state index in [1.54, 1.807) is 0 Å². The first-order valence-corrected chi connectivity index (χ1v) is 3.27. The molecule has 70 valence electrons. The standard InChI is InChI=1S/C6H12N2O4/c1-3(7)4(9)6(2,11)5(10)12-8/h3,11H,7-8H2,1-2H3. The monoisotopic (exact) mass is 176 g/mol. The highest BCUT2D eigenvalue weighted by atomic mass is 16.7. The normalized spacial score (nSPS) is 17.8. The lowest BCUT2D eigenvalue weighted by Gasteiger charge is -2.19. The van der Waals surface area contributed by atoms with Crippen LogP contribution in [-0.2, 0) is 14.4 Å². The second-order valence-corrected chi connectivity index (χ2v) is 2.63. The Morgan fingerprint density at radius 1 is 1.58 bits per heavy atom. The Hall–Kier alpha value is -0.980. The summed E-state index contributed by atoms with van der Waals surface area (Å²) in [5.74, 6) is 2.44. The van der Waals surface area contributed by atoms with E-state index in [1.165, 1.54) is 6.92 Å². The number of carbonyl (C=O) groups is 2. The van der Waals surface area contributed by atoms with Crippen molar-refractivity contribution in [2.45, 2.75) is 25.5 Å². The van der Waals surface area contributed by atoms with Crippen LogP contribution in [0.5, 0.6) is 0 Å². The van der Waals surface area contributed by atoms with Crippen LogP contribution in [0.2, 0.25) is 0 Å². The Kier molecular flexibility index (Phi) is 3.32. The molecule has 0 amide bonds. The number of Topliss-reactive ketones (excluding diaryl/α,β-unsaturated/α-hetero) is 1. The van der Waals surface area contributed by atoms with Crippen LogP contribution in [0.15, 0.2) is 0 Å². The van der Waals surface area contributed by atoms with Gasteiger partial charge in [-0.25, -0.2) is 4.79 Å².